The van der Waals surface area contributed by atoms with Crippen molar-refractivity contribution in [1.29, 1.82) is 0 Å². The van der Waals surface area contributed by atoms with Crippen LogP contribution in [-0.2, 0) is 6.54 Å². The van der Waals surface area contributed by atoms with Gasteiger partial charge in [-0.2, -0.15) is 4.98 Å². The van der Waals surface area contributed by atoms with Crippen molar-refractivity contribution in [2.45, 2.75) is 25.8 Å². The van der Waals surface area contributed by atoms with Crippen molar-refractivity contribution in [2.75, 3.05) is 26.2 Å². The van der Waals surface area contributed by atoms with E-state index in [1.807, 2.05) is 18.2 Å². The maximum Gasteiger partial charge on any atom is 0.316 e. The second kappa shape index (κ2) is 7.86. The van der Waals surface area contributed by atoms with Gasteiger partial charge in [-0.3, -0.25) is 4.90 Å². The Labute approximate surface area is 114 Å². The fraction of sp³-hybridized carbons (Fsp3) is 0.571. The summed E-state index contributed by atoms with van der Waals surface area (Å²) < 4.78 is 5.45. The van der Waals surface area contributed by atoms with Gasteiger partial charge in [-0.05, 0) is 38.1 Å². The van der Waals surface area contributed by atoms with Crippen LogP contribution < -0.4 is 10.5 Å². The molecule has 0 radical (unpaired) electrons. The smallest absolute Gasteiger partial charge is 0.316 e. The lowest BCUT2D eigenvalue weighted by atomic mass is 10.1. The summed E-state index contributed by atoms with van der Waals surface area (Å²) in [6, 6.07) is 2.40. The zero-order chi connectivity index (χ0) is 13.3. The second-order valence-corrected chi connectivity index (χ2v) is 4.69. The van der Waals surface area contributed by atoms with Gasteiger partial charge in [-0.15, -0.1) is 0 Å². The molecular formula is C14H22N4O. The van der Waals surface area contributed by atoms with Crippen LogP contribution in [0.1, 0.15) is 25.0 Å². The van der Waals surface area contributed by atoms with Crippen molar-refractivity contribution in [3.05, 3.63) is 30.1 Å². The molecule has 5 heteroatoms. The fourth-order valence-electron chi connectivity index (χ4n) is 2.17. The van der Waals surface area contributed by atoms with Crippen molar-refractivity contribution in [3.63, 3.8) is 0 Å². The number of likely N-dealkylation sites (tertiary alicyclic amines) is 1. The van der Waals surface area contributed by atoms with Gasteiger partial charge < -0.3 is 10.5 Å². The highest BCUT2D eigenvalue weighted by molar-refractivity contribution is 5.06. The molecule has 0 atom stereocenters. The molecule has 1 aliphatic rings. The molecule has 2 N–H and O–H groups in total. The molecule has 0 saturated carbocycles. The van der Waals surface area contributed by atoms with Crippen LogP contribution in [0.15, 0.2) is 24.4 Å². The monoisotopic (exact) mass is 262 g/mol. The molecule has 2 heterocycles. The zero-order valence-electron chi connectivity index (χ0n) is 11.3. The normalized spacial score (nSPS) is 16.9. The third kappa shape index (κ3) is 4.96. The lowest BCUT2D eigenvalue weighted by Gasteiger charge is -2.25. The standard InChI is InChI=1S/C14H22N4O/c15-7-2-5-11-19-14-16-8-6-13(17-14)12-18-9-3-1-4-10-18/h2,5-6,8H,1,3-4,7,9-12,15H2. The highest BCUT2D eigenvalue weighted by atomic mass is 16.5. The Kier molecular flexibility index (Phi) is 5.78. The van der Waals surface area contributed by atoms with Crippen molar-refractivity contribution in [1.82, 2.24) is 14.9 Å². The molecule has 1 aliphatic heterocycles. The fourth-order valence-corrected chi connectivity index (χ4v) is 2.17. The molecule has 5 nitrogen and oxygen atoms in total. The number of hydrogen-bond acceptors (Lipinski definition) is 5. The van der Waals surface area contributed by atoms with Gasteiger partial charge in [0.2, 0.25) is 0 Å². The molecule has 1 fully saturated rings. The molecule has 0 bridgehead atoms. The summed E-state index contributed by atoms with van der Waals surface area (Å²) in [6.45, 7) is 4.21. The highest BCUT2D eigenvalue weighted by Gasteiger charge is 2.11. The summed E-state index contributed by atoms with van der Waals surface area (Å²) in [6.07, 6.45) is 9.42. The van der Waals surface area contributed by atoms with Gasteiger partial charge in [0.25, 0.3) is 0 Å². The highest BCUT2D eigenvalue weighted by Crippen LogP contribution is 2.12. The predicted molar refractivity (Wildman–Crippen MR) is 74.8 cm³/mol. The van der Waals surface area contributed by atoms with Crippen LogP contribution in [0.25, 0.3) is 0 Å². The SMILES string of the molecule is NCC=CCOc1nccc(CN2CCCCC2)n1. The molecule has 0 aliphatic carbocycles. The van der Waals surface area contributed by atoms with E-state index < -0.39 is 0 Å². The van der Waals surface area contributed by atoms with E-state index in [1.165, 1.54) is 32.4 Å². The van der Waals surface area contributed by atoms with E-state index in [-0.39, 0.29) is 0 Å². The third-order valence-electron chi connectivity index (χ3n) is 3.14. The lowest BCUT2D eigenvalue weighted by molar-refractivity contribution is 0.217. The maximum atomic E-state index is 5.45. The van der Waals surface area contributed by atoms with E-state index >= 15 is 0 Å². The molecule has 1 aromatic heterocycles. The van der Waals surface area contributed by atoms with Crippen molar-refractivity contribution >= 4 is 0 Å². The minimum absolute atomic E-state index is 0.441. The van der Waals surface area contributed by atoms with Crippen LogP contribution in [0.2, 0.25) is 0 Å². The van der Waals surface area contributed by atoms with Gasteiger partial charge in [0.15, 0.2) is 0 Å². The van der Waals surface area contributed by atoms with Gasteiger partial charge in [-0.1, -0.05) is 12.5 Å². The van der Waals surface area contributed by atoms with E-state index in [9.17, 15) is 0 Å². The van der Waals surface area contributed by atoms with Gasteiger partial charge in [0.05, 0.1) is 5.69 Å². The molecule has 1 saturated heterocycles. The Morgan fingerprint density at radius 2 is 2.11 bits per heavy atom. The molecule has 19 heavy (non-hydrogen) atoms. The number of nitrogens with zero attached hydrogens (tertiary/aromatic N) is 3. The largest absolute Gasteiger partial charge is 0.459 e. The number of hydrogen-bond donors (Lipinski definition) is 1. The Bertz CT molecular complexity index is 402. The van der Waals surface area contributed by atoms with Crippen LogP contribution in [0.3, 0.4) is 0 Å². The van der Waals surface area contributed by atoms with E-state index in [0.717, 1.165) is 12.2 Å². The van der Waals surface area contributed by atoms with E-state index in [0.29, 0.717) is 19.2 Å². The van der Waals surface area contributed by atoms with Crippen molar-refractivity contribution < 1.29 is 4.74 Å². The summed E-state index contributed by atoms with van der Waals surface area (Å²) in [4.78, 5) is 11.0. The molecule has 2 rings (SSSR count). The van der Waals surface area contributed by atoms with Crippen LogP contribution in [0.4, 0.5) is 0 Å². The van der Waals surface area contributed by atoms with Gasteiger partial charge in [0.1, 0.15) is 6.61 Å². The molecular weight excluding hydrogens is 240 g/mol. The van der Waals surface area contributed by atoms with E-state index in [1.54, 1.807) is 6.20 Å². The number of piperidine rings is 1. The first-order chi connectivity index (χ1) is 9.38. The Balaban J connectivity index is 1.85. The minimum Gasteiger partial charge on any atom is -0.459 e. The summed E-state index contributed by atoms with van der Waals surface area (Å²) >= 11 is 0. The van der Waals surface area contributed by atoms with Gasteiger partial charge >= 0.3 is 6.01 Å². The average molecular weight is 262 g/mol. The quantitative estimate of drug-likeness (QED) is 0.784. The third-order valence-corrected chi connectivity index (χ3v) is 3.14. The molecule has 104 valence electrons. The molecule has 0 amide bonds. The Morgan fingerprint density at radius 3 is 2.89 bits per heavy atom. The Hall–Kier alpha value is -1.46. The van der Waals surface area contributed by atoms with Crippen LogP contribution in [0.5, 0.6) is 6.01 Å². The summed E-state index contributed by atoms with van der Waals surface area (Å²) in [5.74, 6) is 0. The van der Waals surface area contributed by atoms with Crippen LogP contribution in [0, 0.1) is 0 Å². The molecule has 1 aromatic rings. The van der Waals surface area contributed by atoms with Crippen molar-refractivity contribution in [3.8, 4) is 6.01 Å². The topological polar surface area (TPSA) is 64.3 Å². The summed E-state index contributed by atoms with van der Waals surface area (Å²) in [5, 5.41) is 0. The minimum atomic E-state index is 0.441. The maximum absolute atomic E-state index is 5.45. The zero-order valence-corrected chi connectivity index (χ0v) is 11.3. The summed E-state index contributed by atoms with van der Waals surface area (Å²) in [5.41, 5.74) is 6.38. The first kappa shape index (κ1) is 14.0. The number of ether oxygens (including phenoxy) is 1. The van der Waals surface area contributed by atoms with Crippen LogP contribution >= 0.6 is 0 Å². The van der Waals surface area contributed by atoms with Crippen molar-refractivity contribution in [2.24, 2.45) is 5.73 Å². The predicted octanol–water partition coefficient (Wildman–Crippen LogP) is 1.36. The van der Waals surface area contributed by atoms with E-state index in [4.69, 9.17) is 10.5 Å². The molecule has 0 aromatic carbocycles. The molecule has 0 spiro atoms. The average Bonchev–Trinajstić information content (AvgIpc) is 2.45. The molecule has 0 unspecified atom stereocenters. The van der Waals surface area contributed by atoms with Gasteiger partial charge in [0, 0.05) is 19.3 Å². The van der Waals surface area contributed by atoms with Gasteiger partial charge in [-0.25, -0.2) is 4.98 Å². The Morgan fingerprint density at radius 1 is 1.26 bits per heavy atom. The first-order valence-electron chi connectivity index (χ1n) is 6.90. The van der Waals surface area contributed by atoms with E-state index in [2.05, 4.69) is 14.9 Å². The second-order valence-electron chi connectivity index (χ2n) is 4.69. The number of rotatable bonds is 6. The number of nitrogens with two attached hydrogens (primary N) is 1. The van der Waals surface area contributed by atoms with Crippen LogP contribution in [-0.4, -0.2) is 41.1 Å². The summed E-state index contributed by atoms with van der Waals surface area (Å²) in [7, 11) is 0. The first-order valence-corrected chi connectivity index (χ1v) is 6.90. The number of aromatic nitrogens is 2. The lowest BCUT2D eigenvalue weighted by Crippen LogP contribution is -2.29.